The molecule has 0 atom stereocenters. The molecular formula is C20H20ClN3OS. The summed E-state index contributed by atoms with van der Waals surface area (Å²) in [5.74, 6) is 0.00661. The molecule has 0 N–H and O–H groups in total. The number of hydrogen-bond acceptors (Lipinski definition) is 4. The summed E-state index contributed by atoms with van der Waals surface area (Å²) in [7, 11) is 0. The number of nitrogens with zero attached hydrogens (tertiary/aromatic N) is 3. The number of carbonyl (C=O) groups excluding carboxylic acids is 1. The van der Waals surface area contributed by atoms with E-state index in [1.54, 1.807) is 23.5 Å². The van der Waals surface area contributed by atoms with Gasteiger partial charge in [0.05, 0.1) is 20.8 Å². The number of anilines is 1. The number of carbonyl (C=O) groups is 1. The van der Waals surface area contributed by atoms with Crippen LogP contribution in [0.3, 0.4) is 0 Å². The van der Waals surface area contributed by atoms with Crippen LogP contribution in [0.15, 0.2) is 42.5 Å². The van der Waals surface area contributed by atoms with E-state index in [0.717, 1.165) is 30.2 Å². The Hall–Kier alpha value is -2.11. The quantitative estimate of drug-likeness (QED) is 0.667. The van der Waals surface area contributed by atoms with E-state index in [9.17, 15) is 4.79 Å². The van der Waals surface area contributed by atoms with Gasteiger partial charge in [0.25, 0.3) is 5.91 Å². The number of halogens is 1. The number of aryl methyl sites for hydroxylation is 1. The van der Waals surface area contributed by atoms with Crippen LogP contribution in [0.1, 0.15) is 22.8 Å². The summed E-state index contributed by atoms with van der Waals surface area (Å²) in [5.41, 5.74) is 2.97. The van der Waals surface area contributed by atoms with E-state index in [1.165, 1.54) is 10.3 Å². The summed E-state index contributed by atoms with van der Waals surface area (Å²) in [5, 5.41) is 1.55. The molecule has 0 radical (unpaired) electrons. The molecule has 1 aromatic heterocycles. The van der Waals surface area contributed by atoms with Crippen LogP contribution in [0, 0.1) is 0 Å². The number of amides is 1. The summed E-state index contributed by atoms with van der Waals surface area (Å²) in [6.07, 6.45) is 1.03. The van der Waals surface area contributed by atoms with Crippen molar-refractivity contribution in [2.24, 2.45) is 0 Å². The molecule has 3 aromatic rings. The van der Waals surface area contributed by atoms with Crippen molar-refractivity contribution in [1.82, 2.24) is 9.88 Å². The van der Waals surface area contributed by atoms with Gasteiger partial charge in [0.2, 0.25) is 0 Å². The van der Waals surface area contributed by atoms with Gasteiger partial charge >= 0.3 is 0 Å². The van der Waals surface area contributed by atoms with Crippen LogP contribution in [0.2, 0.25) is 5.02 Å². The lowest BCUT2D eigenvalue weighted by molar-refractivity contribution is 0.0747. The highest BCUT2D eigenvalue weighted by molar-refractivity contribution is 7.22. The van der Waals surface area contributed by atoms with E-state index >= 15 is 0 Å². The van der Waals surface area contributed by atoms with Crippen LogP contribution >= 0.6 is 22.9 Å². The number of fused-ring (bicyclic) bond motifs is 1. The van der Waals surface area contributed by atoms with Gasteiger partial charge in [0, 0.05) is 26.2 Å². The Kier molecular flexibility index (Phi) is 4.83. The molecule has 6 heteroatoms. The third kappa shape index (κ3) is 3.29. The molecule has 1 saturated heterocycles. The largest absolute Gasteiger partial charge is 0.345 e. The van der Waals surface area contributed by atoms with Crippen LogP contribution < -0.4 is 4.90 Å². The Labute approximate surface area is 162 Å². The zero-order chi connectivity index (χ0) is 18.1. The minimum Gasteiger partial charge on any atom is -0.345 e. The molecule has 26 heavy (non-hydrogen) atoms. The van der Waals surface area contributed by atoms with E-state index in [4.69, 9.17) is 16.6 Å². The summed E-state index contributed by atoms with van der Waals surface area (Å²) in [4.78, 5) is 21.6. The maximum Gasteiger partial charge on any atom is 0.255 e. The van der Waals surface area contributed by atoms with Crippen molar-refractivity contribution in [1.29, 1.82) is 0 Å². The molecule has 134 valence electrons. The van der Waals surface area contributed by atoms with Crippen LogP contribution in [-0.2, 0) is 6.42 Å². The second-order valence-corrected chi connectivity index (χ2v) is 7.83. The van der Waals surface area contributed by atoms with Gasteiger partial charge in [-0.25, -0.2) is 4.98 Å². The van der Waals surface area contributed by atoms with Gasteiger partial charge in [-0.15, -0.1) is 0 Å². The molecular weight excluding hydrogens is 366 g/mol. The highest BCUT2D eigenvalue weighted by atomic mass is 35.5. The van der Waals surface area contributed by atoms with Crippen LogP contribution in [0.5, 0.6) is 0 Å². The average molecular weight is 386 g/mol. The fourth-order valence-corrected chi connectivity index (χ4v) is 4.52. The lowest BCUT2D eigenvalue weighted by atomic mass is 10.2. The second kappa shape index (κ2) is 7.25. The van der Waals surface area contributed by atoms with Crippen LogP contribution in [0.4, 0.5) is 5.13 Å². The number of hydrogen-bond donors (Lipinski definition) is 0. The molecule has 1 aliphatic rings. The second-order valence-electron chi connectivity index (χ2n) is 6.41. The maximum atomic E-state index is 12.7. The zero-order valence-corrected chi connectivity index (χ0v) is 16.2. The fourth-order valence-electron chi connectivity index (χ4n) is 3.22. The first-order valence-corrected chi connectivity index (χ1v) is 10.0. The molecule has 1 amide bonds. The third-order valence-corrected chi connectivity index (χ3v) is 6.20. The molecule has 0 aliphatic carbocycles. The molecule has 0 bridgehead atoms. The van der Waals surface area contributed by atoms with Crippen molar-refractivity contribution in [2.45, 2.75) is 13.3 Å². The van der Waals surface area contributed by atoms with Crippen LogP contribution in [-0.4, -0.2) is 42.0 Å². The molecule has 1 fully saturated rings. The summed E-state index contributed by atoms with van der Waals surface area (Å²) < 4.78 is 1.23. The Morgan fingerprint density at radius 1 is 1.15 bits per heavy atom. The predicted octanol–water partition coefficient (Wildman–Crippen LogP) is 4.47. The van der Waals surface area contributed by atoms with Gasteiger partial charge in [0.15, 0.2) is 5.13 Å². The van der Waals surface area contributed by atoms with Crippen molar-refractivity contribution < 1.29 is 4.79 Å². The molecule has 0 unspecified atom stereocenters. The minimum atomic E-state index is 0.00661. The normalized spacial score (nSPS) is 14.8. The number of thiazole rings is 1. The number of aromatic nitrogens is 1. The topological polar surface area (TPSA) is 36.4 Å². The first kappa shape index (κ1) is 17.3. The minimum absolute atomic E-state index is 0.00661. The van der Waals surface area contributed by atoms with Gasteiger partial charge in [-0.05, 0) is 36.2 Å². The van der Waals surface area contributed by atoms with Gasteiger partial charge in [-0.1, -0.05) is 48.1 Å². The molecule has 2 heterocycles. The van der Waals surface area contributed by atoms with Gasteiger partial charge in [-0.2, -0.15) is 0 Å². The fraction of sp³-hybridized carbons (Fsp3) is 0.300. The highest BCUT2D eigenvalue weighted by Gasteiger charge is 2.25. The highest BCUT2D eigenvalue weighted by Crippen LogP contribution is 2.30. The van der Waals surface area contributed by atoms with E-state index in [-0.39, 0.29) is 5.91 Å². The van der Waals surface area contributed by atoms with Crippen molar-refractivity contribution in [2.75, 3.05) is 31.1 Å². The molecule has 0 spiro atoms. The third-order valence-electron chi connectivity index (χ3n) is 4.79. The first-order valence-electron chi connectivity index (χ1n) is 8.84. The zero-order valence-electron chi connectivity index (χ0n) is 14.6. The van der Waals surface area contributed by atoms with Gasteiger partial charge in [-0.3, -0.25) is 4.79 Å². The summed E-state index contributed by atoms with van der Waals surface area (Å²) in [6.45, 7) is 5.10. The molecule has 0 saturated carbocycles. The average Bonchev–Trinajstić information content (AvgIpc) is 3.11. The summed E-state index contributed by atoms with van der Waals surface area (Å²) >= 11 is 7.90. The number of rotatable bonds is 3. The first-order chi connectivity index (χ1) is 12.7. The van der Waals surface area contributed by atoms with E-state index < -0.39 is 0 Å². The molecule has 2 aromatic carbocycles. The van der Waals surface area contributed by atoms with Crippen LogP contribution in [0.25, 0.3) is 10.2 Å². The van der Waals surface area contributed by atoms with E-state index in [2.05, 4.69) is 30.0 Å². The number of benzene rings is 2. The smallest absolute Gasteiger partial charge is 0.255 e. The Balaban J connectivity index is 1.46. The molecule has 4 rings (SSSR count). The number of piperazine rings is 1. The molecule has 1 aliphatic heterocycles. The Morgan fingerprint density at radius 3 is 2.65 bits per heavy atom. The standard InChI is InChI=1S/C20H20ClN3OS/c1-2-14-7-8-17-18(13-14)26-20(22-17)24-11-9-23(10-12-24)19(25)15-5-3-4-6-16(15)21/h3-8,13H,2,9-12H2,1H3. The molecule has 4 nitrogen and oxygen atoms in total. The van der Waals surface area contributed by atoms with Gasteiger partial charge in [0.1, 0.15) is 0 Å². The van der Waals surface area contributed by atoms with Crippen molar-refractivity contribution in [3.8, 4) is 0 Å². The SMILES string of the molecule is CCc1ccc2nc(N3CCN(C(=O)c4ccccc4Cl)CC3)sc2c1. The van der Waals surface area contributed by atoms with Crippen molar-refractivity contribution in [3.05, 3.63) is 58.6 Å². The monoisotopic (exact) mass is 385 g/mol. The summed E-state index contributed by atoms with van der Waals surface area (Å²) in [6, 6.07) is 13.7. The van der Waals surface area contributed by atoms with Crippen molar-refractivity contribution in [3.63, 3.8) is 0 Å². The lowest BCUT2D eigenvalue weighted by Gasteiger charge is -2.34. The van der Waals surface area contributed by atoms with Crippen molar-refractivity contribution >= 4 is 44.2 Å². The van der Waals surface area contributed by atoms with E-state index in [1.807, 2.05) is 17.0 Å². The maximum absolute atomic E-state index is 12.7. The van der Waals surface area contributed by atoms with Gasteiger partial charge < -0.3 is 9.80 Å². The Morgan fingerprint density at radius 2 is 1.92 bits per heavy atom. The Bertz CT molecular complexity index is 947. The van der Waals surface area contributed by atoms with E-state index in [0.29, 0.717) is 23.7 Å². The predicted molar refractivity (Wildman–Crippen MR) is 109 cm³/mol. The lowest BCUT2D eigenvalue weighted by Crippen LogP contribution is -2.48.